The average Bonchev–Trinajstić information content (AvgIpc) is 2.39. The van der Waals surface area contributed by atoms with Crippen LogP contribution < -0.4 is 5.19 Å². The van der Waals surface area contributed by atoms with E-state index in [4.69, 9.17) is 9.16 Å². The molecule has 0 saturated carbocycles. The lowest BCUT2D eigenvalue weighted by molar-refractivity contribution is -0.141. The van der Waals surface area contributed by atoms with Crippen molar-refractivity contribution < 1.29 is 14.0 Å². The highest BCUT2D eigenvalue weighted by Crippen LogP contribution is 2.13. The third-order valence-corrected chi connectivity index (χ3v) is 5.53. The molecule has 3 nitrogen and oxygen atoms in total. The van der Waals surface area contributed by atoms with Gasteiger partial charge in [-0.15, -0.1) is 0 Å². The van der Waals surface area contributed by atoms with Crippen molar-refractivity contribution in [3.63, 3.8) is 0 Å². The Balaban J connectivity index is 2.80. The van der Waals surface area contributed by atoms with Gasteiger partial charge in [0.15, 0.2) is 0 Å². The molecule has 0 heterocycles. The van der Waals surface area contributed by atoms with Crippen molar-refractivity contribution in [2.75, 3.05) is 7.11 Å². The molecule has 0 amide bonds. The van der Waals surface area contributed by atoms with E-state index in [-0.39, 0.29) is 18.5 Å². The minimum Gasteiger partial charge on any atom is -0.469 e. The van der Waals surface area contributed by atoms with Gasteiger partial charge < -0.3 is 9.16 Å². The molecule has 19 heavy (non-hydrogen) atoms. The van der Waals surface area contributed by atoms with Crippen molar-refractivity contribution in [3.8, 4) is 0 Å². The van der Waals surface area contributed by atoms with Crippen LogP contribution in [0.4, 0.5) is 0 Å². The highest BCUT2D eigenvalue weighted by Gasteiger charge is 2.29. The van der Waals surface area contributed by atoms with Gasteiger partial charge in [0.2, 0.25) is 8.32 Å². The molecule has 1 atom stereocenters. The van der Waals surface area contributed by atoms with Gasteiger partial charge in [0.25, 0.3) is 0 Å². The number of carbonyl (C=O) groups is 1. The molecule has 1 aromatic rings. The van der Waals surface area contributed by atoms with Crippen molar-refractivity contribution in [1.29, 1.82) is 0 Å². The number of carbonyl (C=O) groups excluding carboxylic acids is 1. The van der Waals surface area contributed by atoms with Gasteiger partial charge in [-0.3, -0.25) is 4.79 Å². The summed E-state index contributed by atoms with van der Waals surface area (Å²) < 4.78 is 10.9. The Morgan fingerprint density at radius 1 is 1.32 bits per heavy atom. The number of hydrogen-bond donors (Lipinski definition) is 0. The fourth-order valence-electron chi connectivity index (χ4n) is 1.90. The van der Waals surface area contributed by atoms with Gasteiger partial charge in [0, 0.05) is 0 Å². The molecule has 4 heteroatoms. The number of allylic oxidation sites excluding steroid dienone is 1. The van der Waals surface area contributed by atoms with Crippen LogP contribution >= 0.6 is 0 Å². The summed E-state index contributed by atoms with van der Waals surface area (Å²) in [6, 6.07) is 10.2. The average molecular weight is 278 g/mol. The van der Waals surface area contributed by atoms with Crippen molar-refractivity contribution >= 4 is 19.5 Å². The Labute approximate surface area is 116 Å². The van der Waals surface area contributed by atoms with Crippen molar-refractivity contribution in [2.24, 2.45) is 0 Å². The Kier molecular flexibility index (Phi) is 5.98. The summed E-state index contributed by atoms with van der Waals surface area (Å²) in [6.07, 6.45) is 3.85. The molecule has 104 valence electrons. The Hall–Kier alpha value is -1.39. The molecule has 1 aromatic carbocycles. The summed E-state index contributed by atoms with van der Waals surface area (Å²) in [5.74, 6) is -0.249. The molecule has 0 bridgehead atoms. The maximum atomic E-state index is 11.4. The van der Waals surface area contributed by atoms with Gasteiger partial charge in [-0.05, 0) is 25.2 Å². The van der Waals surface area contributed by atoms with Crippen LogP contribution in [0.3, 0.4) is 0 Å². The van der Waals surface area contributed by atoms with E-state index in [9.17, 15) is 4.79 Å². The first-order chi connectivity index (χ1) is 8.99. The SMILES string of the molecule is C/C=C/[C@H](CC(=O)OC)O[Si](C)(C)c1ccccc1. The van der Waals surface area contributed by atoms with E-state index in [1.807, 2.05) is 37.3 Å². The first kappa shape index (κ1) is 15.7. The molecular formula is C15H22O3Si. The third-order valence-electron chi connectivity index (χ3n) is 2.92. The smallest absolute Gasteiger partial charge is 0.308 e. The molecule has 0 N–H and O–H groups in total. The van der Waals surface area contributed by atoms with E-state index in [2.05, 4.69) is 25.2 Å². The zero-order valence-electron chi connectivity index (χ0n) is 12.1. The molecule has 0 fully saturated rings. The van der Waals surface area contributed by atoms with Gasteiger partial charge in [0.05, 0.1) is 19.6 Å². The van der Waals surface area contributed by atoms with Crippen LogP contribution in [0.1, 0.15) is 13.3 Å². The van der Waals surface area contributed by atoms with E-state index in [1.54, 1.807) is 0 Å². The number of rotatable bonds is 6. The molecule has 0 saturated heterocycles. The number of methoxy groups -OCH3 is 1. The van der Waals surface area contributed by atoms with E-state index < -0.39 is 8.32 Å². The van der Waals surface area contributed by atoms with Gasteiger partial charge in [-0.25, -0.2) is 0 Å². The number of esters is 1. The minimum atomic E-state index is -2.02. The highest BCUT2D eigenvalue weighted by molar-refractivity contribution is 6.84. The van der Waals surface area contributed by atoms with Crippen LogP contribution in [0.15, 0.2) is 42.5 Å². The summed E-state index contributed by atoms with van der Waals surface area (Å²) in [5, 5.41) is 1.22. The maximum Gasteiger partial charge on any atom is 0.308 e. The Morgan fingerprint density at radius 3 is 2.47 bits per heavy atom. The lowest BCUT2D eigenvalue weighted by Gasteiger charge is -2.27. The molecule has 1 rings (SSSR count). The maximum absolute atomic E-state index is 11.4. The number of benzene rings is 1. The van der Waals surface area contributed by atoms with Gasteiger partial charge in [-0.2, -0.15) is 0 Å². The predicted octanol–water partition coefficient (Wildman–Crippen LogP) is 2.62. The van der Waals surface area contributed by atoms with Crippen LogP contribution in [0.2, 0.25) is 13.1 Å². The molecule has 0 aliphatic heterocycles. The fourth-order valence-corrected chi connectivity index (χ4v) is 3.95. The first-order valence-corrected chi connectivity index (χ1v) is 9.33. The standard InChI is InChI=1S/C15H22O3Si/c1-5-9-13(12-15(16)17-2)18-19(3,4)14-10-7-6-8-11-14/h5-11,13H,12H2,1-4H3/b9-5+/t13-/m1/s1. The third kappa shape index (κ3) is 5.01. The van der Waals surface area contributed by atoms with Crippen molar-refractivity contribution in [3.05, 3.63) is 42.5 Å². The lowest BCUT2D eigenvalue weighted by atomic mass is 10.2. The zero-order valence-corrected chi connectivity index (χ0v) is 13.1. The monoisotopic (exact) mass is 278 g/mol. The largest absolute Gasteiger partial charge is 0.469 e. The van der Waals surface area contributed by atoms with Crippen molar-refractivity contribution in [1.82, 2.24) is 0 Å². The predicted molar refractivity (Wildman–Crippen MR) is 79.9 cm³/mol. The zero-order chi connectivity index (χ0) is 14.3. The summed E-state index contributed by atoms with van der Waals surface area (Å²) >= 11 is 0. The molecule has 0 spiro atoms. The summed E-state index contributed by atoms with van der Waals surface area (Å²) in [5.41, 5.74) is 0. The van der Waals surface area contributed by atoms with Crippen LogP contribution in [0.5, 0.6) is 0 Å². The molecule has 0 aromatic heterocycles. The highest BCUT2D eigenvalue weighted by atomic mass is 28.4. The van der Waals surface area contributed by atoms with E-state index in [0.717, 1.165) is 0 Å². The summed E-state index contributed by atoms with van der Waals surface area (Å²) in [4.78, 5) is 11.4. The quantitative estimate of drug-likeness (QED) is 0.456. The Morgan fingerprint density at radius 2 is 1.95 bits per heavy atom. The molecular weight excluding hydrogens is 256 g/mol. The second-order valence-electron chi connectivity index (χ2n) is 4.84. The van der Waals surface area contributed by atoms with Crippen LogP contribution in [-0.2, 0) is 14.0 Å². The van der Waals surface area contributed by atoms with Crippen LogP contribution in [0, 0.1) is 0 Å². The number of hydrogen-bond acceptors (Lipinski definition) is 3. The second kappa shape index (κ2) is 7.26. The molecule has 0 unspecified atom stereocenters. The minimum absolute atomic E-state index is 0.223. The lowest BCUT2D eigenvalue weighted by Crippen LogP contribution is -2.47. The van der Waals surface area contributed by atoms with Crippen LogP contribution in [-0.4, -0.2) is 27.5 Å². The molecule has 0 aliphatic carbocycles. The molecule has 0 aliphatic rings. The van der Waals surface area contributed by atoms with E-state index in [1.165, 1.54) is 12.3 Å². The fraction of sp³-hybridized carbons (Fsp3) is 0.400. The summed E-state index contributed by atoms with van der Waals surface area (Å²) in [7, 11) is -0.621. The van der Waals surface area contributed by atoms with E-state index >= 15 is 0 Å². The van der Waals surface area contributed by atoms with Gasteiger partial charge >= 0.3 is 5.97 Å². The van der Waals surface area contributed by atoms with Gasteiger partial charge in [0.1, 0.15) is 0 Å². The van der Waals surface area contributed by atoms with Gasteiger partial charge in [-0.1, -0.05) is 42.5 Å². The van der Waals surface area contributed by atoms with E-state index in [0.29, 0.717) is 0 Å². The normalized spacial score (nSPS) is 13.5. The summed E-state index contributed by atoms with van der Waals surface area (Å²) in [6.45, 7) is 6.19. The first-order valence-electron chi connectivity index (χ1n) is 6.42. The van der Waals surface area contributed by atoms with Crippen molar-refractivity contribution in [2.45, 2.75) is 32.5 Å². The Bertz CT molecular complexity index is 426. The second-order valence-corrected chi connectivity index (χ2v) is 8.67. The van der Waals surface area contributed by atoms with Crippen LogP contribution in [0.25, 0.3) is 0 Å². The molecule has 0 radical (unpaired) electrons. The topological polar surface area (TPSA) is 35.5 Å². The number of ether oxygens (including phenoxy) is 1.